The Balaban J connectivity index is 1.01. The van der Waals surface area contributed by atoms with Crippen molar-refractivity contribution < 1.29 is 34.4 Å². The number of carbonyl (C=O) groups excluding carboxylic acids is 1. The van der Waals surface area contributed by atoms with E-state index < -0.39 is 23.8 Å². The number of rotatable bonds is 11. The summed E-state index contributed by atoms with van der Waals surface area (Å²) in [7, 11) is 0. The molecule has 2 aromatic carbocycles. The van der Waals surface area contributed by atoms with Crippen molar-refractivity contribution in [1.82, 2.24) is 4.98 Å². The third kappa shape index (κ3) is 6.76. The fourth-order valence-corrected chi connectivity index (χ4v) is 12.4. The van der Waals surface area contributed by atoms with E-state index in [-0.39, 0.29) is 64.4 Å². The Morgan fingerprint density at radius 1 is 1.06 bits per heavy atom. The van der Waals surface area contributed by atoms with Gasteiger partial charge in [-0.15, -0.1) is 0 Å². The summed E-state index contributed by atoms with van der Waals surface area (Å²) in [5, 5.41) is 49.3. The summed E-state index contributed by atoms with van der Waals surface area (Å²) >= 11 is 0. The summed E-state index contributed by atoms with van der Waals surface area (Å²) < 4.78 is 15.6. The number of nitrogens with zero attached hydrogens (tertiary/aromatic N) is 1. The maximum absolute atomic E-state index is 15.6. The van der Waals surface area contributed by atoms with Crippen molar-refractivity contribution in [2.45, 2.75) is 130 Å². The van der Waals surface area contributed by atoms with Crippen molar-refractivity contribution >= 4 is 28.3 Å². The Morgan fingerprint density at radius 2 is 1.81 bits per heavy atom. The lowest BCUT2D eigenvalue weighted by atomic mass is 9.42. The molecule has 0 aliphatic heterocycles. The lowest BCUT2D eigenvalue weighted by molar-refractivity contribution is -0.216. The van der Waals surface area contributed by atoms with Gasteiger partial charge in [-0.3, -0.25) is 14.6 Å². The number of carboxylic acids is 1. The number of pyridine rings is 1. The second kappa shape index (κ2) is 14.6. The van der Waals surface area contributed by atoms with E-state index in [4.69, 9.17) is 0 Å². The molecule has 4 aliphatic rings. The van der Waals surface area contributed by atoms with Gasteiger partial charge in [0.15, 0.2) is 5.78 Å². The zero-order valence-electron chi connectivity index (χ0n) is 32.6. The van der Waals surface area contributed by atoms with Crippen molar-refractivity contribution in [3.63, 3.8) is 0 Å². The number of hydrogen-bond donors (Lipinski definition) is 5. The standard InChI is InChI=1S/C45H59FN2O6/c1-25(10-15-39(52)53)32-13-14-33-41-34(22-38(51)44(32,33)5)43(4)18-19-45(54,23-30(43)21-37(41)50)17-16-29-12-11-28(20-35(29)46)24-47-42-31-8-6-7-9-36(31)48-26(2)40(42)27(3)49/h6-9,11-12,20,25,30,32-34,37-38,41,50-51,54H,10,13-19,21-24H2,1-5H3,(H,47,48)(H,52,53)/t25-,30?,32-,33?,34?,37-,38+,41?,43+,44-,45-/m1/s1. The number of aryl methyl sites for hydroxylation is 2. The molecule has 54 heavy (non-hydrogen) atoms. The Labute approximate surface area is 319 Å². The minimum atomic E-state index is -0.966. The van der Waals surface area contributed by atoms with Crippen molar-refractivity contribution in [3.05, 3.63) is 70.7 Å². The van der Waals surface area contributed by atoms with Crippen molar-refractivity contribution in [3.8, 4) is 0 Å². The summed E-state index contributed by atoms with van der Waals surface area (Å²) in [6, 6.07) is 12.9. The van der Waals surface area contributed by atoms with Gasteiger partial charge >= 0.3 is 5.97 Å². The van der Waals surface area contributed by atoms with Crippen LogP contribution in [-0.2, 0) is 17.8 Å². The number of benzene rings is 2. The number of aromatic nitrogens is 1. The van der Waals surface area contributed by atoms with Crippen LogP contribution in [0.25, 0.3) is 10.9 Å². The van der Waals surface area contributed by atoms with Crippen LogP contribution >= 0.6 is 0 Å². The first-order valence-corrected chi connectivity index (χ1v) is 20.3. The number of carboxylic acid groups (broad SMARTS) is 1. The number of carbonyl (C=O) groups is 2. The van der Waals surface area contributed by atoms with Gasteiger partial charge in [0.25, 0.3) is 0 Å². The average Bonchev–Trinajstić information content (AvgIpc) is 3.48. The van der Waals surface area contributed by atoms with Gasteiger partial charge in [0.05, 0.1) is 40.3 Å². The van der Waals surface area contributed by atoms with Gasteiger partial charge in [0.1, 0.15) is 5.82 Å². The van der Waals surface area contributed by atoms with Crippen LogP contribution in [0.4, 0.5) is 10.1 Å². The Kier molecular flexibility index (Phi) is 10.5. The number of aliphatic hydroxyl groups excluding tert-OH is 2. The third-order valence-electron chi connectivity index (χ3n) is 15.4. The number of fused-ring (bicyclic) bond motifs is 6. The van der Waals surface area contributed by atoms with E-state index in [0.717, 1.165) is 35.7 Å². The van der Waals surface area contributed by atoms with Crippen molar-refractivity contribution in [1.29, 1.82) is 0 Å². The van der Waals surface area contributed by atoms with Crippen LogP contribution in [0.2, 0.25) is 0 Å². The molecule has 4 aliphatic carbocycles. The Bertz CT molecular complexity index is 1920. The van der Waals surface area contributed by atoms with Gasteiger partial charge in [0, 0.05) is 18.4 Å². The van der Waals surface area contributed by atoms with Crippen LogP contribution in [0.5, 0.6) is 0 Å². The molecule has 11 atom stereocenters. The molecular formula is C45H59FN2O6. The highest BCUT2D eigenvalue weighted by atomic mass is 19.1. The van der Waals surface area contributed by atoms with E-state index in [1.54, 1.807) is 6.07 Å². The van der Waals surface area contributed by atoms with Gasteiger partial charge in [-0.2, -0.15) is 0 Å². The lowest BCUT2D eigenvalue weighted by Gasteiger charge is -2.64. The molecule has 0 bridgehead atoms. The average molecular weight is 743 g/mol. The minimum Gasteiger partial charge on any atom is -0.481 e. The SMILES string of the molecule is CC(=O)c1c(C)nc2ccccc2c1NCc1ccc(CC[C@@]2(O)CC[C@@]3(C)C(C[C@@H](O)C4C3C[C@H](O)[C@@]3(C)C4CC[C@@H]3[C@H](C)CCC(=O)O)C2)c(F)c1. The molecule has 0 radical (unpaired) electrons. The first kappa shape index (κ1) is 38.9. The molecule has 4 unspecified atom stereocenters. The second-order valence-corrected chi connectivity index (χ2v) is 18.2. The first-order valence-electron chi connectivity index (χ1n) is 20.3. The zero-order chi connectivity index (χ0) is 38.7. The number of anilines is 1. The van der Waals surface area contributed by atoms with Gasteiger partial charge in [-0.25, -0.2) is 4.39 Å². The minimum absolute atomic E-state index is 0.0824. The van der Waals surface area contributed by atoms with Crippen LogP contribution < -0.4 is 5.32 Å². The summed E-state index contributed by atoms with van der Waals surface area (Å²) in [5.74, 6) is -0.256. The Morgan fingerprint density at radius 3 is 2.54 bits per heavy atom. The summed E-state index contributed by atoms with van der Waals surface area (Å²) in [4.78, 5) is 28.5. The summed E-state index contributed by atoms with van der Waals surface area (Å²) in [6.45, 7) is 10.3. The fraction of sp³-hybridized carbons (Fsp3) is 0.622. The number of aliphatic hydroxyl groups is 3. The normalized spacial score (nSPS) is 35.2. The van der Waals surface area contributed by atoms with Crippen LogP contribution in [0.15, 0.2) is 42.5 Å². The van der Waals surface area contributed by atoms with Gasteiger partial charge in [-0.05, 0) is 148 Å². The van der Waals surface area contributed by atoms with Crippen LogP contribution in [0, 0.1) is 59.1 Å². The highest BCUT2D eigenvalue weighted by molar-refractivity contribution is 6.08. The van der Waals surface area contributed by atoms with Crippen LogP contribution in [0.3, 0.4) is 0 Å². The summed E-state index contributed by atoms with van der Waals surface area (Å²) in [6.07, 6.45) is 5.64. The largest absolute Gasteiger partial charge is 0.481 e. The van der Waals surface area contributed by atoms with Crippen molar-refractivity contribution in [2.75, 3.05) is 5.32 Å². The number of aliphatic carboxylic acids is 1. The van der Waals surface area contributed by atoms with E-state index in [0.29, 0.717) is 74.0 Å². The number of para-hydroxylation sites is 1. The molecule has 1 heterocycles. The molecule has 0 spiro atoms. The topological polar surface area (TPSA) is 140 Å². The number of halogens is 1. The van der Waals surface area contributed by atoms with Crippen LogP contribution in [-0.4, -0.2) is 55.0 Å². The third-order valence-corrected chi connectivity index (χ3v) is 15.4. The molecule has 292 valence electrons. The summed E-state index contributed by atoms with van der Waals surface area (Å²) in [5.41, 5.74) is 2.54. The highest BCUT2D eigenvalue weighted by Gasteiger charge is 2.66. The molecule has 4 fully saturated rings. The monoisotopic (exact) mass is 742 g/mol. The molecule has 4 saturated carbocycles. The van der Waals surface area contributed by atoms with Gasteiger partial charge in [-0.1, -0.05) is 51.1 Å². The number of ketones is 1. The molecule has 0 amide bonds. The van der Waals surface area contributed by atoms with Crippen molar-refractivity contribution in [2.24, 2.45) is 46.3 Å². The molecule has 8 nitrogen and oxygen atoms in total. The highest BCUT2D eigenvalue weighted by Crippen LogP contribution is 2.69. The molecule has 7 rings (SSSR count). The second-order valence-electron chi connectivity index (χ2n) is 18.2. The molecule has 0 saturated heterocycles. The Hall–Kier alpha value is -3.40. The quantitative estimate of drug-likeness (QED) is 0.124. The maximum atomic E-state index is 15.6. The molecule has 5 N–H and O–H groups in total. The first-order chi connectivity index (χ1) is 25.6. The zero-order valence-corrected chi connectivity index (χ0v) is 32.6. The maximum Gasteiger partial charge on any atom is 0.303 e. The smallest absolute Gasteiger partial charge is 0.303 e. The van der Waals surface area contributed by atoms with E-state index >= 15 is 4.39 Å². The predicted octanol–water partition coefficient (Wildman–Crippen LogP) is 8.26. The number of hydrogen-bond acceptors (Lipinski definition) is 7. The predicted molar refractivity (Wildman–Crippen MR) is 208 cm³/mol. The number of nitrogens with one attached hydrogen (secondary N) is 1. The van der Waals surface area contributed by atoms with E-state index in [1.807, 2.05) is 37.3 Å². The molecule has 3 aromatic rings. The van der Waals surface area contributed by atoms with Crippen LogP contribution in [0.1, 0.15) is 119 Å². The lowest BCUT2D eigenvalue weighted by Crippen LogP contribution is -2.63. The fourth-order valence-electron chi connectivity index (χ4n) is 12.4. The molecule has 1 aromatic heterocycles. The molecule has 9 heteroatoms. The van der Waals surface area contributed by atoms with Gasteiger partial charge < -0.3 is 25.7 Å². The van der Waals surface area contributed by atoms with E-state index in [9.17, 15) is 30.0 Å². The molecular weight excluding hydrogens is 684 g/mol. The van der Waals surface area contributed by atoms with Gasteiger partial charge in [0.2, 0.25) is 0 Å². The van der Waals surface area contributed by atoms with E-state index in [2.05, 4.69) is 31.1 Å². The number of Topliss-reactive ketones (excluding diaryl/α,β-unsaturated/α-hetero) is 1. The van der Waals surface area contributed by atoms with E-state index in [1.165, 1.54) is 13.0 Å².